The maximum absolute atomic E-state index is 9.90. The Balaban J connectivity index is 1.72. The number of fused-ring (bicyclic) bond motifs is 1. The van der Waals surface area contributed by atoms with E-state index < -0.39 is 0 Å². The van der Waals surface area contributed by atoms with Crippen LogP contribution >= 0.6 is 0 Å². The van der Waals surface area contributed by atoms with Gasteiger partial charge in [0.05, 0.1) is 12.1 Å². The summed E-state index contributed by atoms with van der Waals surface area (Å²) >= 11 is 0. The van der Waals surface area contributed by atoms with Crippen molar-refractivity contribution in [1.82, 2.24) is 14.5 Å². The van der Waals surface area contributed by atoms with Gasteiger partial charge in [-0.25, -0.2) is 9.97 Å². The second-order valence-corrected chi connectivity index (χ2v) is 8.17. The Morgan fingerprint density at radius 1 is 0.897 bits per heavy atom. The highest BCUT2D eigenvalue weighted by molar-refractivity contribution is 5.92. The molecular weight excluding hydrogens is 364 g/mol. The zero-order valence-electron chi connectivity index (χ0n) is 16.7. The summed E-state index contributed by atoms with van der Waals surface area (Å²) < 4.78 is 1.46. The molecule has 0 unspecified atom stereocenters. The molecule has 29 heavy (non-hydrogen) atoms. The molecule has 2 aromatic heterocycles. The van der Waals surface area contributed by atoms with Gasteiger partial charge in [0.1, 0.15) is 12.1 Å². The number of nitrogens with zero attached hydrogens (tertiary/aromatic N) is 3. The summed E-state index contributed by atoms with van der Waals surface area (Å²) in [6.45, 7) is 6.67. The summed E-state index contributed by atoms with van der Waals surface area (Å²) in [7, 11) is 0. The zero-order valence-corrected chi connectivity index (χ0v) is 16.7. The van der Waals surface area contributed by atoms with Crippen molar-refractivity contribution in [2.24, 2.45) is 0 Å². The third kappa shape index (κ3) is 4.01. The Morgan fingerprint density at radius 2 is 1.62 bits per heavy atom. The molecule has 6 heteroatoms. The smallest absolute Gasteiger partial charge is 0.194 e. The highest BCUT2D eigenvalue weighted by atomic mass is 16.3. The van der Waals surface area contributed by atoms with E-state index in [4.69, 9.17) is 0 Å². The van der Waals surface area contributed by atoms with Gasteiger partial charge in [-0.3, -0.25) is 4.57 Å². The van der Waals surface area contributed by atoms with Crippen LogP contribution in [0.15, 0.2) is 60.9 Å². The van der Waals surface area contributed by atoms with Crippen molar-refractivity contribution in [3.8, 4) is 22.9 Å². The molecule has 3 N–H and O–H groups in total. The molecule has 2 heterocycles. The van der Waals surface area contributed by atoms with Gasteiger partial charge < -0.3 is 15.5 Å². The molecule has 4 aromatic rings. The van der Waals surface area contributed by atoms with E-state index in [9.17, 15) is 10.2 Å². The molecule has 4 rings (SSSR count). The molecule has 0 spiro atoms. The average molecular weight is 388 g/mol. The molecule has 0 fully saturated rings. The normalized spacial score (nSPS) is 11.7. The lowest BCUT2D eigenvalue weighted by Crippen LogP contribution is -2.26. The number of rotatable bonds is 4. The molecule has 0 aliphatic carbocycles. The minimum Gasteiger partial charge on any atom is -0.494 e. The van der Waals surface area contributed by atoms with Crippen LogP contribution in [0.25, 0.3) is 22.0 Å². The standard InChI is InChI=1S/C23H24N4O2/c1-23(2,3)26-22-18-12-17(7-8-19(18)24-14-25-22)16-6-4-5-15(11-16)13-27-20(28)9-10-21(27)29/h4-12,14,28-29H,13H2,1-3H3,(H,24,25,26). The monoisotopic (exact) mass is 388 g/mol. The molecule has 6 nitrogen and oxygen atoms in total. The largest absolute Gasteiger partial charge is 0.494 e. The van der Waals surface area contributed by atoms with Gasteiger partial charge in [-0.05, 0) is 55.7 Å². The predicted molar refractivity (Wildman–Crippen MR) is 115 cm³/mol. The van der Waals surface area contributed by atoms with Crippen LogP contribution in [0.3, 0.4) is 0 Å². The maximum Gasteiger partial charge on any atom is 0.194 e. The Kier molecular flexibility index (Phi) is 4.62. The van der Waals surface area contributed by atoms with E-state index >= 15 is 0 Å². The first-order valence-corrected chi connectivity index (χ1v) is 9.50. The van der Waals surface area contributed by atoms with Gasteiger partial charge in [0.2, 0.25) is 0 Å². The highest BCUT2D eigenvalue weighted by Crippen LogP contribution is 2.29. The number of hydrogen-bond acceptors (Lipinski definition) is 5. The van der Waals surface area contributed by atoms with Gasteiger partial charge in [0.25, 0.3) is 0 Å². The topological polar surface area (TPSA) is 83.2 Å². The van der Waals surface area contributed by atoms with E-state index in [0.717, 1.165) is 33.4 Å². The van der Waals surface area contributed by atoms with Gasteiger partial charge in [-0.2, -0.15) is 0 Å². The summed E-state index contributed by atoms with van der Waals surface area (Å²) in [5.74, 6) is 0.880. The molecule has 0 amide bonds. The minimum atomic E-state index is -0.113. The number of aromatic nitrogens is 3. The third-order valence-electron chi connectivity index (χ3n) is 4.66. The Labute approximate surface area is 169 Å². The zero-order chi connectivity index (χ0) is 20.6. The molecule has 0 saturated carbocycles. The SMILES string of the molecule is CC(C)(C)Nc1ncnc2ccc(-c3cccc(Cn4c(O)ccc4O)c3)cc12. The van der Waals surface area contributed by atoms with Gasteiger partial charge >= 0.3 is 0 Å². The molecule has 0 atom stereocenters. The minimum absolute atomic E-state index is 0.0358. The number of benzene rings is 2. The second kappa shape index (κ2) is 7.13. The van der Waals surface area contributed by atoms with Crippen molar-refractivity contribution in [3.05, 3.63) is 66.5 Å². The van der Waals surface area contributed by atoms with E-state index in [1.54, 1.807) is 6.33 Å². The Bertz CT molecular complexity index is 1160. The van der Waals surface area contributed by atoms with Crippen LogP contribution in [0, 0.1) is 0 Å². The van der Waals surface area contributed by atoms with E-state index in [-0.39, 0.29) is 17.3 Å². The fraction of sp³-hybridized carbons (Fsp3) is 0.217. The summed E-state index contributed by atoms with van der Waals surface area (Å²) in [5.41, 5.74) is 3.83. The van der Waals surface area contributed by atoms with Crippen LogP contribution in [-0.4, -0.2) is 30.3 Å². The average Bonchev–Trinajstić information content (AvgIpc) is 2.99. The highest BCUT2D eigenvalue weighted by Gasteiger charge is 2.14. The van der Waals surface area contributed by atoms with E-state index in [1.165, 1.54) is 16.7 Å². The van der Waals surface area contributed by atoms with Crippen LogP contribution in [0.1, 0.15) is 26.3 Å². The van der Waals surface area contributed by atoms with Crippen LogP contribution in [0.4, 0.5) is 5.82 Å². The van der Waals surface area contributed by atoms with Crippen molar-refractivity contribution in [2.75, 3.05) is 5.32 Å². The predicted octanol–water partition coefficient (Wildman–Crippen LogP) is 4.77. The van der Waals surface area contributed by atoms with Crippen molar-refractivity contribution >= 4 is 16.7 Å². The van der Waals surface area contributed by atoms with E-state index in [1.807, 2.05) is 30.3 Å². The first kappa shape index (κ1) is 18.8. The molecular formula is C23H24N4O2. The number of hydrogen-bond donors (Lipinski definition) is 3. The van der Waals surface area contributed by atoms with Crippen molar-refractivity contribution in [2.45, 2.75) is 32.9 Å². The lowest BCUT2D eigenvalue weighted by atomic mass is 10.0. The van der Waals surface area contributed by atoms with Gasteiger partial charge in [-0.15, -0.1) is 0 Å². The fourth-order valence-electron chi connectivity index (χ4n) is 3.33. The maximum atomic E-state index is 9.90. The molecule has 0 aliphatic heterocycles. The van der Waals surface area contributed by atoms with Crippen molar-refractivity contribution < 1.29 is 10.2 Å². The fourth-order valence-corrected chi connectivity index (χ4v) is 3.33. The third-order valence-corrected chi connectivity index (χ3v) is 4.66. The number of anilines is 1. The second-order valence-electron chi connectivity index (χ2n) is 8.17. The lowest BCUT2D eigenvalue weighted by molar-refractivity contribution is 0.377. The molecule has 0 bridgehead atoms. The number of aromatic hydroxyl groups is 2. The van der Waals surface area contributed by atoms with Gasteiger partial charge in [0.15, 0.2) is 11.8 Å². The lowest BCUT2D eigenvalue weighted by Gasteiger charge is -2.22. The van der Waals surface area contributed by atoms with Crippen LogP contribution in [0.5, 0.6) is 11.8 Å². The quantitative estimate of drug-likeness (QED) is 0.469. The summed E-state index contributed by atoms with van der Waals surface area (Å²) in [6.07, 6.45) is 1.58. The summed E-state index contributed by atoms with van der Waals surface area (Å²) in [4.78, 5) is 8.82. The van der Waals surface area contributed by atoms with E-state index in [2.05, 4.69) is 48.2 Å². The van der Waals surface area contributed by atoms with Crippen LogP contribution in [0.2, 0.25) is 0 Å². The molecule has 0 radical (unpaired) electrons. The van der Waals surface area contributed by atoms with Crippen molar-refractivity contribution in [1.29, 1.82) is 0 Å². The molecule has 148 valence electrons. The first-order chi connectivity index (χ1) is 13.8. The van der Waals surface area contributed by atoms with Gasteiger partial charge in [-0.1, -0.05) is 24.3 Å². The van der Waals surface area contributed by atoms with Gasteiger partial charge in [0, 0.05) is 23.1 Å². The first-order valence-electron chi connectivity index (χ1n) is 9.50. The summed E-state index contributed by atoms with van der Waals surface area (Å²) in [6, 6.07) is 17.1. The van der Waals surface area contributed by atoms with Crippen LogP contribution in [-0.2, 0) is 6.54 Å². The van der Waals surface area contributed by atoms with E-state index in [0.29, 0.717) is 6.54 Å². The Morgan fingerprint density at radius 3 is 2.34 bits per heavy atom. The van der Waals surface area contributed by atoms with Crippen LogP contribution < -0.4 is 5.32 Å². The molecule has 0 aliphatic rings. The van der Waals surface area contributed by atoms with Crippen molar-refractivity contribution in [3.63, 3.8) is 0 Å². The number of nitrogens with one attached hydrogen (secondary N) is 1. The summed E-state index contributed by atoms with van der Waals surface area (Å²) in [5, 5.41) is 24.2. The molecule has 0 saturated heterocycles. The molecule has 2 aromatic carbocycles. The Hall–Kier alpha value is -3.54.